The van der Waals surface area contributed by atoms with Crippen LogP contribution >= 0.6 is 12.4 Å². The van der Waals surface area contributed by atoms with Crippen LogP contribution in [0.5, 0.6) is 0 Å². The molecule has 2 saturated heterocycles. The second-order valence-electron chi connectivity index (χ2n) is 4.92. The summed E-state index contributed by atoms with van der Waals surface area (Å²) in [6.07, 6.45) is 3.60. The second kappa shape index (κ2) is 6.95. The lowest BCUT2D eigenvalue weighted by molar-refractivity contribution is -0.142. The molecule has 2 aliphatic heterocycles. The Morgan fingerprint density at radius 1 is 1.50 bits per heavy atom. The van der Waals surface area contributed by atoms with E-state index in [0.717, 1.165) is 38.9 Å². The number of rotatable bonds is 3. The van der Waals surface area contributed by atoms with Gasteiger partial charge in [-0.15, -0.1) is 12.4 Å². The number of likely N-dealkylation sites (N-methyl/N-ethyl adjacent to an activating group) is 1. The number of piperidine rings is 1. The summed E-state index contributed by atoms with van der Waals surface area (Å²) in [5.74, 6) is 0.191. The summed E-state index contributed by atoms with van der Waals surface area (Å²) >= 11 is 0. The topological polar surface area (TPSA) is 52.7 Å². The van der Waals surface area contributed by atoms with Crippen molar-refractivity contribution in [2.75, 3.05) is 33.2 Å². The number of hydrogen-bond acceptors (Lipinski definition) is 3. The van der Waals surface area contributed by atoms with E-state index >= 15 is 0 Å². The smallest absolute Gasteiger partial charge is 0.242 e. The number of nitrogens with zero attached hydrogens (tertiary/aromatic N) is 2. The molecule has 1 N–H and O–H groups in total. The van der Waals surface area contributed by atoms with Crippen molar-refractivity contribution >= 4 is 24.2 Å². The molecule has 2 fully saturated rings. The molecule has 0 aromatic heterocycles. The SMILES string of the molecule is CN(C(=O)CN1CCCCC1=O)C1CCNC1.Cl. The summed E-state index contributed by atoms with van der Waals surface area (Å²) in [5, 5.41) is 3.25. The molecule has 0 saturated carbocycles. The van der Waals surface area contributed by atoms with Crippen molar-refractivity contribution in [1.82, 2.24) is 15.1 Å². The third-order valence-corrected chi connectivity index (χ3v) is 3.72. The fourth-order valence-corrected chi connectivity index (χ4v) is 2.48. The quantitative estimate of drug-likeness (QED) is 0.803. The molecule has 0 aromatic carbocycles. The van der Waals surface area contributed by atoms with Crippen LogP contribution in [0.15, 0.2) is 0 Å². The van der Waals surface area contributed by atoms with Crippen LogP contribution in [0.1, 0.15) is 25.7 Å². The molecule has 104 valence electrons. The van der Waals surface area contributed by atoms with Crippen LogP contribution in [-0.4, -0.2) is 60.9 Å². The van der Waals surface area contributed by atoms with E-state index in [9.17, 15) is 9.59 Å². The number of nitrogens with one attached hydrogen (secondary N) is 1. The first-order chi connectivity index (χ1) is 8.18. The molecule has 0 aliphatic carbocycles. The molecule has 2 heterocycles. The van der Waals surface area contributed by atoms with E-state index in [1.165, 1.54) is 0 Å². The van der Waals surface area contributed by atoms with E-state index in [0.29, 0.717) is 12.5 Å². The van der Waals surface area contributed by atoms with Crippen molar-refractivity contribution in [3.8, 4) is 0 Å². The first-order valence-electron chi connectivity index (χ1n) is 6.42. The Labute approximate surface area is 114 Å². The maximum absolute atomic E-state index is 12.0. The van der Waals surface area contributed by atoms with Gasteiger partial charge in [-0.1, -0.05) is 0 Å². The van der Waals surface area contributed by atoms with E-state index < -0.39 is 0 Å². The van der Waals surface area contributed by atoms with Gasteiger partial charge in [-0.2, -0.15) is 0 Å². The predicted octanol–water partition coefficient (Wildman–Crippen LogP) is 0.241. The summed E-state index contributed by atoms with van der Waals surface area (Å²) in [5.41, 5.74) is 0. The average molecular weight is 276 g/mol. The van der Waals surface area contributed by atoms with E-state index in [-0.39, 0.29) is 30.8 Å². The van der Waals surface area contributed by atoms with Gasteiger partial charge in [0.1, 0.15) is 0 Å². The molecule has 2 rings (SSSR count). The normalized spacial score (nSPS) is 23.7. The maximum Gasteiger partial charge on any atom is 0.242 e. The van der Waals surface area contributed by atoms with Gasteiger partial charge in [-0.25, -0.2) is 0 Å². The van der Waals surface area contributed by atoms with Crippen LogP contribution < -0.4 is 5.32 Å². The zero-order chi connectivity index (χ0) is 12.3. The Hall–Kier alpha value is -0.810. The monoisotopic (exact) mass is 275 g/mol. The predicted molar refractivity (Wildman–Crippen MR) is 71.7 cm³/mol. The Morgan fingerprint density at radius 2 is 2.28 bits per heavy atom. The molecular weight excluding hydrogens is 254 g/mol. The molecule has 1 atom stereocenters. The molecule has 1 unspecified atom stereocenters. The maximum atomic E-state index is 12.0. The standard InChI is InChI=1S/C12H21N3O2.ClH/c1-14(10-5-6-13-8-10)12(17)9-15-7-3-2-4-11(15)16;/h10,13H,2-9H2,1H3;1H. The van der Waals surface area contributed by atoms with Gasteiger partial charge in [0.15, 0.2) is 0 Å². The highest BCUT2D eigenvalue weighted by atomic mass is 35.5. The minimum atomic E-state index is 0. The number of likely N-dealkylation sites (tertiary alicyclic amines) is 1. The van der Waals surface area contributed by atoms with Crippen molar-refractivity contribution in [2.45, 2.75) is 31.7 Å². The Bertz CT molecular complexity index is 306. The van der Waals surface area contributed by atoms with Crippen LogP contribution in [0.25, 0.3) is 0 Å². The zero-order valence-corrected chi connectivity index (χ0v) is 11.7. The van der Waals surface area contributed by atoms with Gasteiger partial charge in [0, 0.05) is 32.6 Å². The van der Waals surface area contributed by atoms with Crippen LogP contribution in [0.3, 0.4) is 0 Å². The lowest BCUT2D eigenvalue weighted by Crippen LogP contribution is -2.47. The van der Waals surface area contributed by atoms with Gasteiger partial charge in [0.25, 0.3) is 0 Å². The number of carbonyl (C=O) groups excluding carboxylic acids is 2. The van der Waals surface area contributed by atoms with E-state index in [1.807, 2.05) is 7.05 Å². The van der Waals surface area contributed by atoms with Gasteiger partial charge in [0.05, 0.1) is 6.54 Å². The molecule has 2 aliphatic rings. The summed E-state index contributed by atoms with van der Waals surface area (Å²) in [6.45, 7) is 2.84. The molecular formula is C12H22ClN3O2. The zero-order valence-electron chi connectivity index (χ0n) is 10.9. The van der Waals surface area contributed by atoms with Crippen LogP contribution in [0, 0.1) is 0 Å². The van der Waals surface area contributed by atoms with Crippen molar-refractivity contribution < 1.29 is 9.59 Å². The lowest BCUT2D eigenvalue weighted by Gasteiger charge is -2.30. The number of carbonyl (C=O) groups is 2. The van der Waals surface area contributed by atoms with Gasteiger partial charge in [-0.3, -0.25) is 9.59 Å². The molecule has 5 nitrogen and oxygen atoms in total. The molecule has 0 aromatic rings. The largest absolute Gasteiger partial charge is 0.340 e. The summed E-state index contributed by atoms with van der Waals surface area (Å²) in [4.78, 5) is 27.2. The van der Waals surface area contributed by atoms with Crippen molar-refractivity contribution in [3.63, 3.8) is 0 Å². The minimum Gasteiger partial charge on any atom is -0.340 e. The van der Waals surface area contributed by atoms with Crippen LogP contribution in [-0.2, 0) is 9.59 Å². The minimum absolute atomic E-state index is 0. The Balaban J connectivity index is 0.00000162. The summed E-state index contributed by atoms with van der Waals surface area (Å²) in [6, 6.07) is 0.294. The average Bonchev–Trinajstić information content (AvgIpc) is 2.84. The van der Waals surface area contributed by atoms with Gasteiger partial charge in [0.2, 0.25) is 11.8 Å². The highest BCUT2D eigenvalue weighted by molar-refractivity contribution is 5.85. The van der Waals surface area contributed by atoms with Gasteiger partial charge >= 0.3 is 0 Å². The number of halogens is 1. The van der Waals surface area contributed by atoms with Crippen molar-refractivity contribution in [1.29, 1.82) is 0 Å². The summed E-state index contributed by atoms with van der Waals surface area (Å²) in [7, 11) is 1.84. The molecule has 2 amide bonds. The number of hydrogen-bond donors (Lipinski definition) is 1. The Kier molecular flexibility index (Phi) is 5.88. The first kappa shape index (κ1) is 15.2. The Morgan fingerprint density at radius 3 is 2.89 bits per heavy atom. The highest BCUT2D eigenvalue weighted by Gasteiger charge is 2.26. The molecule has 18 heavy (non-hydrogen) atoms. The van der Waals surface area contributed by atoms with Gasteiger partial charge < -0.3 is 15.1 Å². The molecule has 0 spiro atoms. The third kappa shape index (κ3) is 3.59. The van der Waals surface area contributed by atoms with E-state index in [4.69, 9.17) is 0 Å². The summed E-state index contributed by atoms with van der Waals surface area (Å²) < 4.78 is 0. The second-order valence-corrected chi connectivity index (χ2v) is 4.92. The van der Waals surface area contributed by atoms with Gasteiger partial charge in [-0.05, 0) is 25.8 Å². The molecule has 6 heteroatoms. The first-order valence-corrected chi connectivity index (χ1v) is 6.42. The van der Waals surface area contributed by atoms with E-state index in [2.05, 4.69) is 5.32 Å². The van der Waals surface area contributed by atoms with Crippen molar-refractivity contribution in [2.24, 2.45) is 0 Å². The highest BCUT2D eigenvalue weighted by Crippen LogP contribution is 2.12. The van der Waals surface area contributed by atoms with Crippen LogP contribution in [0.4, 0.5) is 0 Å². The van der Waals surface area contributed by atoms with E-state index in [1.54, 1.807) is 9.80 Å². The van der Waals surface area contributed by atoms with Crippen LogP contribution in [0.2, 0.25) is 0 Å². The fraction of sp³-hybridized carbons (Fsp3) is 0.833. The molecule has 0 radical (unpaired) electrons. The number of amides is 2. The lowest BCUT2D eigenvalue weighted by atomic mass is 10.1. The fourth-order valence-electron chi connectivity index (χ4n) is 2.48. The molecule has 0 bridgehead atoms. The van der Waals surface area contributed by atoms with Crippen molar-refractivity contribution in [3.05, 3.63) is 0 Å². The third-order valence-electron chi connectivity index (χ3n) is 3.72.